The predicted octanol–water partition coefficient (Wildman–Crippen LogP) is 2.44. The molecule has 1 heterocycles. The molecule has 0 radical (unpaired) electrons. The molecule has 0 aliphatic carbocycles. The van der Waals surface area contributed by atoms with E-state index in [1.807, 2.05) is 12.1 Å². The van der Waals surface area contributed by atoms with Crippen molar-refractivity contribution in [2.75, 3.05) is 33.9 Å². The van der Waals surface area contributed by atoms with Crippen molar-refractivity contribution in [3.63, 3.8) is 0 Å². The summed E-state index contributed by atoms with van der Waals surface area (Å²) < 4.78 is 15.7. The molecule has 0 spiro atoms. The Morgan fingerprint density at radius 1 is 1.16 bits per heavy atom. The Morgan fingerprint density at radius 2 is 1.88 bits per heavy atom. The largest absolute Gasteiger partial charge is 0.493 e. The van der Waals surface area contributed by atoms with Gasteiger partial charge in [-0.3, -0.25) is 9.59 Å². The number of esters is 1. The second-order valence-corrected chi connectivity index (χ2v) is 6.38. The SMILES string of the molecule is COc1cccc(CCC(=O)OCC(=O)N2CCC(C)CC2)c1OC. The summed E-state index contributed by atoms with van der Waals surface area (Å²) in [5.74, 6) is 1.41. The van der Waals surface area contributed by atoms with Crippen LogP contribution in [0.2, 0.25) is 0 Å². The molecule has 1 aromatic rings. The monoisotopic (exact) mass is 349 g/mol. The topological polar surface area (TPSA) is 65.1 Å². The third-order valence-corrected chi connectivity index (χ3v) is 4.58. The molecule has 2 rings (SSSR count). The number of nitrogens with zero attached hydrogens (tertiary/aromatic N) is 1. The van der Waals surface area contributed by atoms with Crippen LogP contribution in [0.5, 0.6) is 11.5 Å². The van der Waals surface area contributed by atoms with Crippen molar-refractivity contribution in [2.45, 2.75) is 32.6 Å². The number of rotatable bonds is 7. The summed E-state index contributed by atoms with van der Waals surface area (Å²) in [5.41, 5.74) is 0.871. The minimum Gasteiger partial charge on any atom is -0.493 e. The Kier molecular flexibility index (Phi) is 7.10. The van der Waals surface area contributed by atoms with Crippen molar-refractivity contribution in [3.05, 3.63) is 23.8 Å². The van der Waals surface area contributed by atoms with Crippen molar-refractivity contribution in [1.29, 1.82) is 0 Å². The van der Waals surface area contributed by atoms with Crippen LogP contribution in [0.1, 0.15) is 31.7 Å². The lowest BCUT2D eigenvalue weighted by Crippen LogP contribution is -2.40. The Labute approximate surface area is 149 Å². The maximum Gasteiger partial charge on any atom is 0.306 e. The molecule has 25 heavy (non-hydrogen) atoms. The molecule has 0 saturated carbocycles. The molecule has 1 saturated heterocycles. The first-order valence-corrected chi connectivity index (χ1v) is 8.68. The maximum atomic E-state index is 12.1. The second-order valence-electron chi connectivity index (χ2n) is 6.38. The van der Waals surface area contributed by atoms with E-state index < -0.39 is 0 Å². The number of ether oxygens (including phenoxy) is 3. The van der Waals surface area contributed by atoms with E-state index in [-0.39, 0.29) is 24.9 Å². The van der Waals surface area contributed by atoms with Crippen LogP contribution in [0.3, 0.4) is 0 Å². The summed E-state index contributed by atoms with van der Waals surface area (Å²) in [6.07, 6.45) is 2.67. The Morgan fingerprint density at radius 3 is 2.52 bits per heavy atom. The van der Waals surface area contributed by atoms with Gasteiger partial charge in [-0.05, 0) is 36.8 Å². The summed E-state index contributed by atoms with van der Waals surface area (Å²) in [5, 5.41) is 0. The van der Waals surface area contributed by atoms with Gasteiger partial charge in [0.2, 0.25) is 0 Å². The molecule has 0 aromatic heterocycles. The highest BCUT2D eigenvalue weighted by Gasteiger charge is 2.21. The van der Waals surface area contributed by atoms with Gasteiger partial charge < -0.3 is 19.1 Å². The number of hydrogen-bond acceptors (Lipinski definition) is 5. The first-order valence-electron chi connectivity index (χ1n) is 8.68. The van der Waals surface area contributed by atoms with E-state index >= 15 is 0 Å². The fraction of sp³-hybridized carbons (Fsp3) is 0.579. The average Bonchev–Trinajstić information content (AvgIpc) is 2.64. The van der Waals surface area contributed by atoms with Crippen molar-refractivity contribution >= 4 is 11.9 Å². The Hall–Kier alpha value is -2.24. The van der Waals surface area contributed by atoms with E-state index in [4.69, 9.17) is 14.2 Å². The van der Waals surface area contributed by atoms with E-state index in [2.05, 4.69) is 6.92 Å². The molecule has 0 atom stereocenters. The van der Waals surface area contributed by atoms with Gasteiger partial charge in [-0.25, -0.2) is 0 Å². The van der Waals surface area contributed by atoms with Crippen molar-refractivity contribution in [1.82, 2.24) is 4.90 Å². The number of amides is 1. The van der Waals surface area contributed by atoms with Gasteiger partial charge in [-0.15, -0.1) is 0 Å². The van der Waals surface area contributed by atoms with Crippen LogP contribution in [0.4, 0.5) is 0 Å². The van der Waals surface area contributed by atoms with Crippen molar-refractivity contribution in [3.8, 4) is 11.5 Å². The molecule has 0 unspecified atom stereocenters. The summed E-state index contributed by atoms with van der Waals surface area (Å²) in [6, 6.07) is 5.54. The zero-order chi connectivity index (χ0) is 18.2. The lowest BCUT2D eigenvalue weighted by atomic mass is 9.99. The number of carbonyl (C=O) groups excluding carboxylic acids is 2. The number of likely N-dealkylation sites (tertiary alicyclic amines) is 1. The summed E-state index contributed by atoms with van der Waals surface area (Å²) >= 11 is 0. The van der Waals surface area contributed by atoms with Crippen LogP contribution in [-0.2, 0) is 20.7 Å². The van der Waals surface area contributed by atoms with Gasteiger partial charge in [0.1, 0.15) is 0 Å². The molecule has 6 nitrogen and oxygen atoms in total. The molecule has 1 aliphatic rings. The standard InChI is InChI=1S/C19H27NO5/c1-14-9-11-20(12-10-14)17(21)13-25-18(22)8-7-15-5-4-6-16(23-2)19(15)24-3/h4-6,14H,7-13H2,1-3H3. The lowest BCUT2D eigenvalue weighted by Gasteiger charge is -2.30. The van der Waals surface area contributed by atoms with Crippen LogP contribution in [0.25, 0.3) is 0 Å². The lowest BCUT2D eigenvalue weighted by molar-refractivity contribution is -0.152. The molecular formula is C19H27NO5. The number of piperidine rings is 1. The number of benzene rings is 1. The number of methoxy groups -OCH3 is 2. The van der Waals surface area contributed by atoms with Gasteiger partial charge in [0.05, 0.1) is 14.2 Å². The van der Waals surface area contributed by atoms with Gasteiger partial charge in [0, 0.05) is 19.5 Å². The Balaban J connectivity index is 1.78. The quantitative estimate of drug-likeness (QED) is 0.708. The van der Waals surface area contributed by atoms with Crippen molar-refractivity contribution < 1.29 is 23.8 Å². The smallest absolute Gasteiger partial charge is 0.306 e. The van der Waals surface area contributed by atoms with Crippen LogP contribution in [0, 0.1) is 5.92 Å². The molecule has 0 bridgehead atoms. The van der Waals surface area contributed by atoms with Crippen molar-refractivity contribution in [2.24, 2.45) is 5.92 Å². The summed E-state index contributed by atoms with van der Waals surface area (Å²) in [4.78, 5) is 25.8. The van der Waals surface area contributed by atoms with Crippen LogP contribution < -0.4 is 9.47 Å². The number of carbonyl (C=O) groups is 2. The molecule has 1 fully saturated rings. The highest BCUT2D eigenvalue weighted by Crippen LogP contribution is 2.31. The van der Waals surface area contributed by atoms with Crippen LogP contribution in [-0.4, -0.2) is 50.7 Å². The highest BCUT2D eigenvalue weighted by atomic mass is 16.5. The van der Waals surface area contributed by atoms with Crippen LogP contribution >= 0.6 is 0 Å². The fourth-order valence-corrected chi connectivity index (χ4v) is 2.95. The molecule has 138 valence electrons. The first-order chi connectivity index (χ1) is 12.0. The second kappa shape index (κ2) is 9.30. The zero-order valence-electron chi connectivity index (χ0n) is 15.2. The molecule has 6 heteroatoms. The first kappa shape index (κ1) is 19.1. The van der Waals surface area contributed by atoms with E-state index in [9.17, 15) is 9.59 Å². The van der Waals surface area contributed by atoms with Gasteiger partial charge >= 0.3 is 5.97 Å². The fourth-order valence-electron chi connectivity index (χ4n) is 2.95. The summed E-state index contributed by atoms with van der Waals surface area (Å²) in [7, 11) is 3.14. The highest BCUT2D eigenvalue weighted by molar-refractivity contribution is 5.80. The van der Waals surface area contributed by atoms with E-state index in [1.165, 1.54) is 0 Å². The van der Waals surface area contributed by atoms with Gasteiger partial charge in [0.15, 0.2) is 18.1 Å². The van der Waals surface area contributed by atoms with Gasteiger partial charge in [-0.2, -0.15) is 0 Å². The Bertz CT molecular complexity index is 593. The third-order valence-electron chi connectivity index (χ3n) is 4.58. The summed E-state index contributed by atoms with van der Waals surface area (Å²) in [6.45, 7) is 3.51. The number of para-hydroxylation sites is 1. The minimum absolute atomic E-state index is 0.112. The van der Waals surface area contributed by atoms with Gasteiger partial charge in [-0.1, -0.05) is 19.1 Å². The van der Waals surface area contributed by atoms with E-state index in [0.29, 0.717) is 23.8 Å². The predicted molar refractivity (Wildman–Crippen MR) is 93.8 cm³/mol. The normalized spacial score (nSPS) is 14.9. The minimum atomic E-state index is -0.386. The van der Waals surface area contributed by atoms with E-state index in [0.717, 1.165) is 31.5 Å². The zero-order valence-corrected chi connectivity index (χ0v) is 15.2. The molecule has 1 aliphatic heterocycles. The van der Waals surface area contributed by atoms with Crippen LogP contribution in [0.15, 0.2) is 18.2 Å². The molecular weight excluding hydrogens is 322 g/mol. The molecule has 1 amide bonds. The third kappa shape index (κ3) is 5.37. The average molecular weight is 349 g/mol. The van der Waals surface area contributed by atoms with E-state index in [1.54, 1.807) is 25.2 Å². The maximum absolute atomic E-state index is 12.1. The molecule has 1 aromatic carbocycles. The number of hydrogen-bond donors (Lipinski definition) is 0. The number of aryl methyl sites for hydroxylation is 1. The molecule has 0 N–H and O–H groups in total. The van der Waals surface area contributed by atoms with Gasteiger partial charge in [0.25, 0.3) is 5.91 Å².